The quantitative estimate of drug-likeness (QED) is 0.602. The molecule has 0 atom stereocenters. The fourth-order valence-electron chi connectivity index (χ4n) is 1.13. The van der Waals surface area contributed by atoms with Crippen LogP contribution in [0.3, 0.4) is 0 Å². The normalized spacial score (nSPS) is 9.37. The topological polar surface area (TPSA) is 109 Å². The second-order valence-corrected chi connectivity index (χ2v) is 3.72. The first-order valence-electron chi connectivity index (χ1n) is 5.32. The molecular weight excluding hydrogens is 250 g/mol. The minimum absolute atomic E-state index is 0.257. The highest BCUT2D eigenvalue weighted by Crippen LogP contribution is 2.25. The zero-order valence-corrected chi connectivity index (χ0v) is 10.4. The van der Waals surface area contributed by atoms with E-state index >= 15 is 0 Å². The van der Waals surface area contributed by atoms with Crippen LogP contribution in [0.4, 0.5) is 5.82 Å². The van der Waals surface area contributed by atoms with E-state index in [9.17, 15) is 10.1 Å². The largest absolute Gasteiger partial charge is 0.506 e. The van der Waals surface area contributed by atoms with Crippen LogP contribution in [0.1, 0.15) is 11.1 Å². The van der Waals surface area contributed by atoms with Gasteiger partial charge in [-0.2, -0.15) is 0 Å². The summed E-state index contributed by atoms with van der Waals surface area (Å²) < 4.78 is 0. The van der Waals surface area contributed by atoms with E-state index < -0.39 is 10.7 Å². The van der Waals surface area contributed by atoms with Gasteiger partial charge in [-0.05, 0) is 41.5 Å². The van der Waals surface area contributed by atoms with Gasteiger partial charge in [0.25, 0.3) is 0 Å². The SMILES string of the molecule is Cc1ccnc([N+](=O)[O-])c1O.Cc1ccncc1O. The predicted molar refractivity (Wildman–Crippen MR) is 67.9 cm³/mol. The van der Waals surface area contributed by atoms with Crippen molar-refractivity contribution in [1.82, 2.24) is 9.97 Å². The standard InChI is InChI=1S/C6H6N2O3.C6H7NO/c1-4-2-3-7-6(5(4)9)8(10)11;1-5-2-3-7-4-6(5)8/h2-3,9H,1H3;2-4,8H,1H3. The molecule has 0 spiro atoms. The van der Waals surface area contributed by atoms with Gasteiger partial charge in [-0.15, -0.1) is 0 Å². The number of hydrogen-bond donors (Lipinski definition) is 2. The molecule has 0 radical (unpaired) electrons. The van der Waals surface area contributed by atoms with Crippen LogP contribution in [0.15, 0.2) is 30.7 Å². The summed E-state index contributed by atoms with van der Waals surface area (Å²) in [6.07, 6.45) is 4.36. The molecule has 0 aliphatic rings. The summed E-state index contributed by atoms with van der Waals surface area (Å²) in [4.78, 5) is 16.5. The van der Waals surface area contributed by atoms with Gasteiger partial charge in [-0.25, -0.2) is 0 Å². The van der Waals surface area contributed by atoms with Crippen molar-refractivity contribution in [2.75, 3.05) is 0 Å². The lowest BCUT2D eigenvalue weighted by molar-refractivity contribution is -0.390. The second kappa shape index (κ2) is 6.29. The smallest absolute Gasteiger partial charge is 0.406 e. The van der Waals surface area contributed by atoms with Gasteiger partial charge < -0.3 is 20.3 Å². The lowest BCUT2D eigenvalue weighted by Gasteiger charge is -1.96. The average Bonchev–Trinajstić information content (AvgIpc) is 2.37. The van der Waals surface area contributed by atoms with Crippen molar-refractivity contribution in [3.8, 4) is 11.5 Å². The summed E-state index contributed by atoms with van der Waals surface area (Å²) in [6.45, 7) is 3.40. The van der Waals surface area contributed by atoms with E-state index in [1.165, 1.54) is 18.5 Å². The molecule has 2 N–H and O–H groups in total. The van der Waals surface area contributed by atoms with Gasteiger partial charge >= 0.3 is 5.82 Å². The Balaban J connectivity index is 0.000000200. The lowest BCUT2D eigenvalue weighted by atomic mass is 10.3. The third-order valence-corrected chi connectivity index (χ3v) is 2.29. The lowest BCUT2D eigenvalue weighted by Crippen LogP contribution is -1.92. The van der Waals surface area contributed by atoms with E-state index in [1.807, 2.05) is 6.92 Å². The Labute approximate surface area is 109 Å². The Bertz CT molecular complexity index is 566. The van der Waals surface area contributed by atoms with Crippen LogP contribution in [0.25, 0.3) is 0 Å². The van der Waals surface area contributed by atoms with Crippen LogP contribution in [0, 0.1) is 24.0 Å². The summed E-state index contributed by atoms with van der Waals surface area (Å²) in [7, 11) is 0. The molecule has 7 heteroatoms. The highest BCUT2D eigenvalue weighted by atomic mass is 16.6. The summed E-state index contributed by atoms with van der Waals surface area (Å²) in [6, 6.07) is 3.26. The summed E-state index contributed by atoms with van der Waals surface area (Å²) >= 11 is 0. The van der Waals surface area contributed by atoms with Crippen LogP contribution in [-0.4, -0.2) is 25.1 Å². The number of aryl methyl sites for hydroxylation is 2. The van der Waals surface area contributed by atoms with Crippen molar-refractivity contribution < 1.29 is 15.1 Å². The second-order valence-electron chi connectivity index (χ2n) is 3.72. The Morgan fingerprint density at radius 2 is 1.79 bits per heavy atom. The Morgan fingerprint density at radius 1 is 1.16 bits per heavy atom. The number of nitro groups is 1. The first-order valence-corrected chi connectivity index (χ1v) is 5.32. The first-order chi connectivity index (χ1) is 8.93. The molecule has 2 aromatic heterocycles. The molecule has 0 aliphatic heterocycles. The Kier molecular flexibility index (Phi) is 4.76. The van der Waals surface area contributed by atoms with Crippen LogP contribution in [0.2, 0.25) is 0 Å². The third-order valence-electron chi connectivity index (χ3n) is 2.29. The first kappa shape index (κ1) is 14.4. The summed E-state index contributed by atoms with van der Waals surface area (Å²) in [5, 5.41) is 28.1. The minimum atomic E-state index is -0.720. The fraction of sp³-hybridized carbons (Fsp3) is 0.167. The molecule has 0 saturated carbocycles. The van der Waals surface area contributed by atoms with Crippen molar-refractivity contribution in [3.63, 3.8) is 0 Å². The van der Waals surface area contributed by atoms with Crippen LogP contribution in [-0.2, 0) is 0 Å². The van der Waals surface area contributed by atoms with E-state index in [-0.39, 0.29) is 11.5 Å². The number of aromatic hydroxyl groups is 2. The molecule has 2 aromatic rings. The Hall–Kier alpha value is -2.70. The number of aromatic nitrogens is 2. The monoisotopic (exact) mass is 263 g/mol. The molecule has 0 aliphatic carbocycles. The molecule has 2 rings (SSSR count). The van der Waals surface area contributed by atoms with Gasteiger partial charge in [0.1, 0.15) is 11.9 Å². The van der Waals surface area contributed by atoms with Crippen molar-refractivity contribution in [2.45, 2.75) is 13.8 Å². The van der Waals surface area contributed by atoms with Gasteiger partial charge in [0.15, 0.2) is 0 Å². The zero-order valence-electron chi connectivity index (χ0n) is 10.4. The molecule has 0 bridgehead atoms. The average molecular weight is 263 g/mol. The molecule has 2 heterocycles. The molecular formula is C12H13N3O4. The molecule has 100 valence electrons. The zero-order chi connectivity index (χ0) is 14.4. The summed E-state index contributed by atoms with van der Waals surface area (Å²) in [5.74, 6) is -0.602. The van der Waals surface area contributed by atoms with Crippen molar-refractivity contribution in [3.05, 3.63) is 52.0 Å². The molecule has 0 aromatic carbocycles. The molecule has 7 nitrogen and oxygen atoms in total. The number of nitrogens with zero attached hydrogens (tertiary/aromatic N) is 3. The highest BCUT2D eigenvalue weighted by molar-refractivity contribution is 5.43. The molecule has 0 saturated heterocycles. The summed E-state index contributed by atoms with van der Waals surface area (Å²) in [5.41, 5.74) is 1.31. The van der Waals surface area contributed by atoms with Gasteiger partial charge in [0.05, 0.1) is 6.20 Å². The predicted octanol–water partition coefficient (Wildman–Crippen LogP) is 2.10. The number of rotatable bonds is 1. The maximum Gasteiger partial charge on any atom is 0.406 e. The van der Waals surface area contributed by atoms with E-state index in [1.54, 1.807) is 19.2 Å². The van der Waals surface area contributed by atoms with E-state index in [0.717, 1.165) is 5.56 Å². The van der Waals surface area contributed by atoms with E-state index in [2.05, 4.69) is 9.97 Å². The van der Waals surface area contributed by atoms with E-state index in [4.69, 9.17) is 10.2 Å². The Morgan fingerprint density at radius 3 is 2.21 bits per heavy atom. The van der Waals surface area contributed by atoms with Crippen molar-refractivity contribution in [2.24, 2.45) is 0 Å². The highest BCUT2D eigenvalue weighted by Gasteiger charge is 2.15. The van der Waals surface area contributed by atoms with Crippen LogP contribution < -0.4 is 0 Å². The fourth-order valence-corrected chi connectivity index (χ4v) is 1.13. The van der Waals surface area contributed by atoms with Gasteiger partial charge in [-0.3, -0.25) is 4.98 Å². The number of hydrogen-bond acceptors (Lipinski definition) is 6. The van der Waals surface area contributed by atoms with Crippen molar-refractivity contribution in [1.29, 1.82) is 0 Å². The molecule has 19 heavy (non-hydrogen) atoms. The van der Waals surface area contributed by atoms with Gasteiger partial charge in [0.2, 0.25) is 5.75 Å². The van der Waals surface area contributed by atoms with E-state index in [0.29, 0.717) is 5.56 Å². The molecule has 0 fully saturated rings. The minimum Gasteiger partial charge on any atom is -0.506 e. The maximum atomic E-state index is 10.2. The third kappa shape index (κ3) is 3.91. The number of pyridine rings is 2. The maximum absolute atomic E-state index is 10.2. The molecule has 0 amide bonds. The van der Waals surface area contributed by atoms with Crippen LogP contribution >= 0.6 is 0 Å². The van der Waals surface area contributed by atoms with Gasteiger partial charge in [-0.1, -0.05) is 0 Å². The van der Waals surface area contributed by atoms with Crippen molar-refractivity contribution >= 4 is 5.82 Å². The van der Waals surface area contributed by atoms with Gasteiger partial charge in [0, 0.05) is 11.8 Å². The molecule has 0 unspecified atom stereocenters. The van der Waals surface area contributed by atoms with Crippen LogP contribution in [0.5, 0.6) is 11.5 Å².